The first-order valence-corrected chi connectivity index (χ1v) is 6.76. The van der Waals surface area contributed by atoms with Gasteiger partial charge in [0.25, 0.3) is 0 Å². The molecule has 1 heterocycles. The normalized spacial score (nSPS) is 10.8. The number of rotatable bonds is 5. The Kier molecular flexibility index (Phi) is 4.08. The van der Waals surface area contributed by atoms with Gasteiger partial charge >= 0.3 is 0 Å². The summed E-state index contributed by atoms with van der Waals surface area (Å²) in [6.45, 7) is 5.54. The summed E-state index contributed by atoms with van der Waals surface area (Å²) < 4.78 is 2.45. The molecular weight excluding hydrogens is 220 g/mol. The van der Waals surface area contributed by atoms with Crippen LogP contribution >= 0.6 is 0 Å². The molecule has 2 nitrogen and oxygen atoms in total. The monoisotopic (exact) mass is 242 g/mol. The maximum Gasteiger partial charge on any atom is 0.0316 e. The molecule has 0 atom stereocenters. The summed E-state index contributed by atoms with van der Waals surface area (Å²) in [5.74, 6) is 0. The zero-order valence-corrected chi connectivity index (χ0v) is 11.3. The van der Waals surface area contributed by atoms with Crippen LogP contribution in [0.1, 0.15) is 37.2 Å². The van der Waals surface area contributed by atoms with E-state index in [1.54, 1.807) is 0 Å². The van der Waals surface area contributed by atoms with E-state index in [2.05, 4.69) is 42.7 Å². The highest BCUT2D eigenvalue weighted by Gasteiger charge is 2.07. The van der Waals surface area contributed by atoms with Gasteiger partial charge in [-0.25, -0.2) is 0 Å². The molecule has 2 aromatic rings. The van der Waals surface area contributed by atoms with E-state index in [0.29, 0.717) is 0 Å². The SMILES string of the molecule is CCCn1c(CC)ccc1Cc1cccc(N)c1. The fraction of sp³-hybridized carbons (Fsp3) is 0.375. The Bertz CT molecular complexity index is 512. The Hall–Kier alpha value is -1.70. The molecule has 0 aliphatic carbocycles. The molecule has 18 heavy (non-hydrogen) atoms. The molecule has 1 aromatic carbocycles. The third-order valence-electron chi connectivity index (χ3n) is 3.31. The van der Waals surface area contributed by atoms with E-state index in [9.17, 15) is 0 Å². The number of hydrogen-bond acceptors (Lipinski definition) is 1. The van der Waals surface area contributed by atoms with E-state index >= 15 is 0 Å². The quantitative estimate of drug-likeness (QED) is 0.797. The van der Waals surface area contributed by atoms with Gasteiger partial charge in [-0.3, -0.25) is 0 Å². The highest BCUT2D eigenvalue weighted by molar-refractivity contribution is 5.42. The highest BCUT2D eigenvalue weighted by atomic mass is 15.0. The van der Waals surface area contributed by atoms with E-state index in [4.69, 9.17) is 5.73 Å². The van der Waals surface area contributed by atoms with Gasteiger partial charge in [-0.2, -0.15) is 0 Å². The summed E-state index contributed by atoms with van der Waals surface area (Å²) in [6, 6.07) is 12.7. The number of nitrogens with two attached hydrogens (primary N) is 1. The third kappa shape index (κ3) is 2.76. The van der Waals surface area contributed by atoms with Crippen LogP contribution < -0.4 is 5.73 Å². The first kappa shape index (κ1) is 12.7. The number of anilines is 1. The third-order valence-corrected chi connectivity index (χ3v) is 3.31. The molecule has 0 bridgehead atoms. The van der Waals surface area contributed by atoms with Gasteiger partial charge in [0.2, 0.25) is 0 Å². The maximum absolute atomic E-state index is 5.83. The molecule has 2 N–H and O–H groups in total. The standard InChI is InChI=1S/C16H22N2/c1-3-10-18-15(4-2)8-9-16(18)12-13-6-5-7-14(17)11-13/h5-9,11H,3-4,10,12,17H2,1-2H3. The van der Waals surface area contributed by atoms with Crippen LogP contribution in [0.25, 0.3) is 0 Å². The zero-order valence-electron chi connectivity index (χ0n) is 11.3. The molecule has 0 saturated carbocycles. The van der Waals surface area contributed by atoms with E-state index in [1.807, 2.05) is 12.1 Å². The van der Waals surface area contributed by atoms with Crippen molar-refractivity contribution in [1.82, 2.24) is 4.57 Å². The number of aryl methyl sites for hydroxylation is 1. The van der Waals surface area contributed by atoms with Gasteiger partial charge in [0.1, 0.15) is 0 Å². The van der Waals surface area contributed by atoms with E-state index < -0.39 is 0 Å². The summed E-state index contributed by atoms with van der Waals surface area (Å²) in [4.78, 5) is 0. The molecule has 0 unspecified atom stereocenters. The second kappa shape index (κ2) is 5.76. The molecule has 1 aromatic heterocycles. The van der Waals surface area contributed by atoms with Crippen molar-refractivity contribution in [3.8, 4) is 0 Å². The Labute approximate surface area is 109 Å². The molecule has 96 valence electrons. The molecule has 2 heteroatoms. The molecule has 0 radical (unpaired) electrons. The van der Waals surface area contributed by atoms with Crippen LogP contribution in [0.4, 0.5) is 5.69 Å². The van der Waals surface area contributed by atoms with E-state index in [1.165, 1.54) is 23.4 Å². The topological polar surface area (TPSA) is 30.9 Å². The van der Waals surface area contributed by atoms with Crippen LogP contribution in [0, 0.1) is 0 Å². The lowest BCUT2D eigenvalue weighted by molar-refractivity contribution is 0.629. The molecule has 0 aliphatic rings. The van der Waals surface area contributed by atoms with Crippen molar-refractivity contribution in [3.05, 3.63) is 53.3 Å². The minimum atomic E-state index is 0.844. The van der Waals surface area contributed by atoms with Gasteiger partial charge in [-0.05, 0) is 42.7 Å². The van der Waals surface area contributed by atoms with Crippen LogP contribution in [0.5, 0.6) is 0 Å². The number of hydrogen-bond donors (Lipinski definition) is 1. The summed E-state index contributed by atoms with van der Waals surface area (Å²) in [5, 5.41) is 0. The molecule has 0 spiro atoms. The average molecular weight is 242 g/mol. The van der Waals surface area contributed by atoms with Gasteiger partial charge in [-0.15, -0.1) is 0 Å². The molecule has 2 rings (SSSR count). The summed E-state index contributed by atoms with van der Waals surface area (Å²) in [7, 11) is 0. The van der Waals surface area contributed by atoms with Crippen LogP contribution in [-0.2, 0) is 19.4 Å². The van der Waals surface area contributed by atoms with Crippen molar-refractivity contribution in [2.45, 2.75) is 39.7 Å². The number of nitrogens with zero attached hydrogens (tertiary/aromatic N) is 1. The van der Waals surface area contributed by atoms with Crippen molar-refractivity contribution in [2.75, 3.05) is 5.73 Å². The first-order chi connectivity index (χ1) is 8.74. The lowest BCUT2D eigenvalue weighted by Crippen LogP contribution is -2.06. The highest BCUT2D eigenvalue weighted by Crippen LogP contribution is 2.17. The fourth-order valence-corrected chi connectivity index (χ4v) is 2.44. The van der Waals surface area contributed by atoms with Crippen molar-refractivity contribution >= 4 is 5.69 Å². The zero-order chi connectivity index (χ0) is 13.0. The van der Waals surface area contributed by atoms with Gasteiger partial charge in [0.15, 0.2) is 0 Å². The molecule has 0 amide bonds. The summed E-state index contributed by atoms with van der Waals surface area (Å²) >= 11 is 0. The summed E-state index contributed by atoms with van der Waals surface area (Å²) in [6.07, 6.45) is 3.23. The fourth-order valence-electron chi connectivity index (χ4n) is 2.44. The Balaban J connectivity index is 2.25. The van der Waals surface area contributed by atoms with Crippen molar-refractivity contribution in [1.29, 1.82) is 0 Å². The predicted octanol–water partition coefficient (Wildman–Crippen LogP) is 3.63. The number of benzene rings is 1. The van der Waals surface area contributed by atoms with Gasteiger partial charge in [0, 0.05) is 30.0 Å². The Morgan fingerprint density at radius 3 is 2.50 bits per heavy atom. The average Bonchev–Trinajstić information content (AvgIpc) is 2.72. The lowest BCUT2D eigenvalue weighted by Gasteiger charge is -2.12. The van der Waals surface area contributed by atoms with Gasteiger partial charge < -0.3 is 10.3 Å². The number of aromatic nitrogens is 1. The molecular formula is C16H22N2. The summed E-state index contributed by atoms with van der Waals surface area (Å²) in [5.41, 5.74) is 10.8. The van der Waals surface area contributed by atoms with Crippen LogP contribution in [0.2, 0.25) is 0 Å². The van der Waals surface area contributed by atoms with Crippen LogP contribution in [0.15, 0.2) is 36.4 Å². The van der Waals surface area contributed by atoms with Crippen molar-refractivity contribution in [3.63, 3.8) is 0 Å². The van der Waals surface area contributed by atoms with E-state index in [0.717, 1.165) is 25.1 Å². The largest absolute Gasteiger partial charge is 0.399 e. The van der Waals surface area contributed by atoms with Gasteiger partial charge in [0.05, 0.1) is 0 Å². The predicted molar refractivity (Wildman–Crippen MR) is 77.8 cm³/mol. The Morgan fingerprint density at radius 2 is 1.83 bits per heavy atom. The van der Waals surface area contributed by atoms with Crippen LogP contribution in [0.3, 0.4) is 0 Å². The number of nitrogen functional groups attached to an aromatic ring is 1. The molecule has 0 fully saturated rings. The minimum Gasteiger partial charge on any atom is -0.399 e. The van der Waals surface area contributed by atoms with Crippen molar-refractivity contribution in [2.24, 2.45) is 0 Å². The van der Waals surface area contributed by atoms with Crippen LogP contribution in [-0.4, -0.2) is 4.57 Å². The van der Waals surface area contributed by atoms with E-state index in [-0.39, 0.29) is 0 Å². The lowest BCUT2D eigenvalue weighted by atomic mass is 10.1. The maximum atomic E-state index is 5.83. The minimum absolute atomic E-state index is 0.844. The second-order valence-corrected chi connectivity index (χ2v) is 4.74. The molecule has 0 saturated heterocycles. The van der Waals surface area contributed by atoms with Gasteiger partial charge in [-0.1, -0.05) is 26.0 Å². The van der Waals surface area contributed by atoms with Crippen molar-refractivity contribution < 1.29 is 0 Å². The Morgan fingerprint density at radius 1 is 1.06 bits per heavy atom. The first-order valence-electron chi connectivity index (χ1n) is 6.76. The second-order valence-electron chi connectivity index (χ2n) is 4.74. The molecule has 0 aliphatic heterocycles. The smallest absolute Gasteiger partial charge is 0.0316 e.